The molecule has 0 N–H and O–H groups in total. The minimum atomic E-state index is -0.258. The van der Waals surface area contributed by atoms with E-state index in [9.17, 15) is 4.79 Å². The summed E-state index contributed by atoms with van der Waals surface area (Å²) in [5.74, 6) is 5.33. The summed E-state index contributed by atoms with van der Waals surface area (Å²) in [4.78, 5) is 20.0. The van der Waals surface area contributed by atoms with Crippen LogP contribution < -0.4 is 9.47 Å². The van der Waals surface area contributed by atoms with Crippen molar-refractivity contribution in [3.63, 3.8) is 0 Å². The molecule has 2 rings (SSSR count). The molecule has 0 amide bonds. The van der Waals surface area contributed by atoms with Gasteiger partial charge in [0.1, 0.15) is 5.56 Å². The molecule has 1 aromatic heterocycles. The van der Waals surface area contributed by atoms with Gasteiger partial charge in [0.25, 0.3) is 0 Å². The molecule has 0 aliphatic heterocycles. The van der Waals surface area contributed by atoms with Crippen LogP contribution in [0, 0.1) is 18.8 Å². The molecule has 0 bridgehead atoms. The predicted octanol–water partition coefficient (Wildman–Crippen LogP) is 2.04. The topological polar surface area (TPSA) is 61.3 Å². The summed E-state index contributed by atoms with van der Waals surface area (Å²) in [7, 11) is 2.93. The third-order valence-electron chi connectivity index (χ3n) is 2.81. The maximum Gasteiger partial charge on any atom is 0.319 e. The molecule has 2 aromatic rings. The van der Waals surface area contributed by atoms with Crippen molar-refractivity contribution < 1.29 is 14.3 Å². The van der Waals surface area contributed by atoms with E-state index in [0.29, 0.717) is 11.1 Å². The van der Waals surface area contributed by atoms with Crippen molar-refractivity contribution in [3.8, 4) is 23.7 Å². The number of rotatable bonds is 3. The van der Waals surface area contributed by atoms with Gasteiger partial charge in [0, 0.05) is 5.56 Å². The van der Waals surface area contributed by atoms with E-state index in [1.54, 1.807) is 12.1 Å². The van der Waals surface area contributed by atoms with Gasteiger partial charge in [-0.1, -0.05) is 30.2 Å². The minimum Gasteiger partial charge on any atom is -0.480 e. The average molecular weight is 282 g/mol. The molecule has 21 heavy (non-hydrogen) atoms. The van der Waals surface area contributed by atoms with E-state index in [1.165, 1.54) is 20.4 Å². The fourth-order valence-electron chi connectivity index (χ4n) is 1.71. The molecule has 1 aromatic carbocycles. The number of carbonyl (C=O) groups excluding carboxylic acids is 1. The summed E-state index contributed by atoms with van der Waals surface area (Å²) in [6.45, 7) is 1.87. The summed E-state index contributed by atoms with van der Waals surface area (Å²) in [5, 5.41) is 0. The normalized spacial score (nSPS) is 9.48. The number of hydrogen-bond acceptors (Lipinski definition) is 5. The molecule has 0 saturated heterocycles. The van der Waals surface area contributed by atoms with E-state index in [0.717, 1.165) is 5.56 Å². The van der Waals surface area contributed by atoms with Crippen LogP contribution in [0.5, 0.6) is 11.9 Å². The number of hydrogen-bond donors (Lipinski definition) is 0. The molecule has 0 aliphatic carbocycles. The molecule has 0 spiro atoms. The maximum atomic E-state index is 12.1. The van der Waals surface area contributed by atoms with Gasteiger partial charge in [-0.25, -0.2) is 4.98 Å². The Hall–Kier alpha value is -2.87. The highest BCUT2D eigenvalue weighted by atomic mass is 16.5. The molecule has 0 unspecified atom stereocenters. The molecular formula is C16H14N2O3. The minimum absolute atomic E-state index is 0.183. The average Bonchev–Trinajstić information content (AvgIpc) is 2.52. The van der Waals surface area contributed by atoms with Crippen molar-refractivity contribution in [2.45, 2.75) is 6.92 Å². The van der Waals surface area contributed by atoms with Crippen molar-refractivity contribution >= 4 is 5.78 Å². The molecule has 0 aliphatic rings. The lowest BCUT2D eigenvalue weighted by molar-refractivity contribution is 0.105. The second kappa shape index (κ2) is 6.53. The second-order valence-electron chi connectivity index (χ2n) is 4.17. The lowest BCUT2D eigenvalue weighted by Gasteiger charge is -2.03. The van der Waals surface area contributed by atoms with Crippen LogP contribution in [-0.2, 0) is 0 Å². The zero-order valence-electron chi connectivity index (χ0n) is 12.0. The van der Waals surface area contributed by atoms with Crippen molar-refractivity contribution in [3.05, 3.63) is 47.2 Å². The van der Waals surface area contributed by atoms with Gasteiger partial charge in [-0.2, -0.15) is 4.98 Å². The number of aromatic nitrogens is 2. The first kappa shape index (κ1) is 14.5. The fraction of sp³-hybridized carbons (Fsp3) is 0.188. The Morgan fingerprint density at radius 2 is 1.95 bits per heavy atom. The molecule has 0 radical (unpaired) electrons. The van der Waals surface area contributed by atoms with Crippen molar-refractivity contribution in [1.29, 1.82) is 0 Å². The lowest BCUT2D eigenvalue weighted by Crippen LogP contribution is -2.00. The van der Waals surface area contributed by atoms with Gasteiger partial charge < -0.3 is 9.47 Å². The lowest BCUT2D eigenvalue weighted by atomic mass is 10.1. The zero-order chi connectivity index (χ0) is 15.2. The second-order valence-corrected chi connectivity index (χ2v) is 4.17. The highest BCUT2D eigenvalue weighted by Crippen LogP contribution is 2.16. The summed E-state index contributed by atoms with van der Waals surface area (Å²) in [5.41, 5.74) is 1.90. The van der Waals surface area contributed by atoms with Gasteiger partial charge >= 0.3 is 6.01 Å². The molecule has 106 valence electrons. The van der Waals surface area contributed by atoms with Crippen LogP contribution in [0.3, 0.4) is 0 Å². The number of Topliss-reactive ketones (excluding diaryl/α,β-unsaturated/α-hetero) is 1. The maximum absolute atomic E-state index is 12.1. The van der Waals surface area contributed by atoms with Gasteiger partial charge in [-0.05, 0) is 18.4 Å². The van der Waals surface area contributed by atoms with E-state index in [4.69, 9.17) is 9.47 Å². The summed E-state index contributed by atoms with van der Waals surface area (Å²) >= 11 is 0. The quantitative estimate of drug-likeness (QED) is 0.637. The molecule has 0 atom stereocenters. The molecule has 0 saturated carbocycles. The smallest absolute Gasteiger partial charge is 0.319 e. The highest BCUT2D eigenvalue weighted by Gasteiger charge is 2.08. The van der Waals surface area contributed by atoms with Crippen LogP contribution in [0.2, 0.25) is 0 Å². The first-order valence-electron chi connectivity index (χ1n) is 6.22. The van der Waals surface area contributed by atoms with Crippen LogP contribution in [0.1, 0.15) is 21.5 Å². The van der Waals surface area contributed by atoms with Gasteiger partial charge in [-0.15, -0.1) is 0 Å². The SMILES string of the molecule is COc1ncc(C#CC(=O)c2ccccc2C)c(OC)n1. The Morgan fingerprint density at radius 3 is 2.62 bits per heavy atom. The molecule has 5 nitrogen and oxygen atoms in total. The van der Waals surface area contributed by atoms with Crippen LogP contribution >= 0.6 is 0 Å². The van der Waals surface area contributed by atoms with E-state index >= 15 is 0 Å². The number of methoxy groups -OCH3 is 2. The first-order valence-corrected chi connectivity index (χ1v) is 6.22. The standard InChI is InChI=1S/C16H14N2O3/c1-11-6-4-5-7-13(11)14(19)9-8-12-10-17-16(21-3)18-15(12)20-2/h4-7,10H,1-3H3. The molecular weight excluding hydrogens is 268 g/mol. The third-order valence-corrected chi connectivity index (χ3v) is 2.81. The fourth-order valence-corrected chi connectivity index (χ4v) is 1.71. The Balaban J connectivity index is 2.31. The number of nitrogens with zero attached hydrogens (tertiary/aromatic N) is 2. The molecule has 0 fully saturated rings. The third kappa shape index (κ3) is 3.37. The van der Waals surface area contributed by atoms with E-state index in [2.05, 4.69) is 21.8 Å². The van der Waals surface area contributed by atoms with Crippen molar-refractivity contribution in [2.24, 2.45) is 0 Å². The van der Waals surface area contributed by atoms with E-state index in [1.807, 2.05) is 19.1 Å². The number of ketones is 1. The summed E-state index contributed by atoms with van der Waals surface area (Å²) in [6.07, 6.45) is 1.46. The molecule has 5 heteroatoms. The Kier molecular flexibility index (Phi) is 4.52. The zero-order valence-corrected chi connectivity index (χ0v) is 12.0. The number of carbonyl (C=O) groups is 1. The van der Waals surface area contributed by atoms with Gasteiger partial charge in [-0.3, -0.25) is 4.79 Å². The van der Waals surface area contributed by atoms with Crippen LogP contribution in [0.15, 0.2) is 30.5 Å². The Labute approximate surface area is 123 Å². The number of benzene rings is 1. The van der Waals surface area contributed by atoms with Gasteiger partial charge in [0.15, 0.2) is 0 Å². The highest BCUT2D eigenvalue weighted by molar-refractivity contribution is 6.10. The Morgan fingerprint density at radius 1 is 1.19 bits per heavy atom. The van der Waals surface area contributed by atoms with Crippen LogP contribution in [0.4, 0.5) is 0 Å². The predicted molar refractivity (Wildman–Crippen MR) is 77.5 cm³/mol. The first-order chi connectivity index (χ1) is 10.2. The van der Waals surface area contributed by atoms with Gasteiger partial charge in [0.05, 0.1) is 20.4 Å². The van der Waals surface area contributed by atoms with E-state index < -0.39 is 0 Å². The summed E-state index contributed by atoms with van der Waals surface area (Å²) in [6, 6.07) is 7.47. The summed E-state index contributed by atoms with van der Waals surface area (Å²) < 4.78 is 10.0. The van der Waals surface area contributed by atoms with Crippen molar-refractivity contribution in [2.75, 3.05) is 14.2 Å². The molecule has 1 heterocycles. The largest absolute Gasteiger partial charge is 0.480 e. The van der Waals surface area contributed by atoms with Crippen LogP contribution in [-0.4, -0.2) is 30.0 Å². The Bertz CT molecular complexity index is 730. The van der Waals surface area contributed by atoms with E-state index in [-0.39, 0.29) is 17.7 Å². The van der Waals surface area contributed by atoms with Gasteiger partial charge in [0.2, 0.25) is 11.7 Å². The van der Waals surface area contributed by atoms with Crippen LogP contribution in [0.25, 0.3) is 0 Å². The van der Waals surface area contributed by atoms with Crippen molar-refractivity contribution in [1.82, 2.24) is 9.97 Å². The number of ether oxygens (including phenoxy) is 2. The number of aryl methyl sites for hydroxylation is 1. The monoisotopic (exact) mass is 282 g/mol.